The first kappa shape index (κ1) is 12.6. The van der Waals surface area contributed by atoms with Crippen LogP contribution in [0.3, 0.4) is 0 Å². The van der Waals surface area contributed by atoms with E-state index in [1.165, 1.54) is 18.4 Å². The minimum Gasteiger partial charge on any atom is -0.349 e. The molecule has 1 unspecified atom stereocenters. The number of carbonyl (C=O) groups excluding carboxylic acids is 1. The number of likely N-dealkylation sites (tertiary alicyclic amines) is 1. The summed E-state index contributed by atoms with van der Waals surface area (Å²) in [6, 6.07) is 2.75. The molecule has 0 saturated carbocycles. The Labute approximate surface area is 107 Å². The van der Waals surface area contributed by atoms with Crippen molar-refractivity contribution in [2.24, 2.45) is 0 Å². The van der Waals surface area contributed by atoms with Crippen molar-refractivity contribution in [2.45, 2.75) is 25.3 Å². The summed E-state index contributed by atoms with van der Waals surface area (Å²) >= 11 is 1.76. The molecule has 1 atom stereocenters. The SMILES string of the molecule is CN(C)C(=O)CCN1CCCC1c1ccsc1. The maximum atomic E-state index is 11.6. The Morgan fingerprint density at radius 3 is 3.06 bits per heavy atom. The molecule has 0 N–H and O–H groups in total. The average Bonchev–Trinajstić information content (AvgIpc) is 2.95. The van der Waals surface area contributed by atoms with Crippen LogP contribution in [0.1, 0.15) is 30.9 Å². The molecule has 1 aromatic rings. The van der Waals surface area contributed by atoms with Crippen molar-refractivity contribution in [3.63, 3.8) is 0 Å². The zero-order valence-electron chi connectivity index (χ0n) is 10.6. The standard InChI is InChI=1S/C13H20N2OS/c1-14(2)13(16)5-8-15-7-3-4-12(15)11-6-9-17-10-11/h6,9-10,12H,3-5,7-8H2,1-2H3. The molecule has 0 radical (unpaired) electrons. The van der Waals surface area contributed by atoms with E-state index in [0.29, 0.717) is 12.5 Å². The number of amides is 1. The molecule has 2 rings (SSSR count). The van der Waals surface area contributed by atoms with Crippen LogP contribution in [0.25, 0.3) is 0 Å². The molecule has 1 aromatic heterocycles. The van der Waals surface area contributed by atoms with Crippen LogP contribution < -0.4 is 0 Å². The van der Waals surface area contributed by atoms with Crippen LogP contribution in [-0.4, -0.2) is 42.9 Å². The maximum Gasteiger partial charge on any atom is 0.223 e. The van der Waals surface area contributed by atoms with Gasteiger partial charge in [0.15, 0.2) is 0 Å². The molecular weight excluding hydrogens is 232 g/mol. The summed E-state index contributed by atoms with van der Waals surface area (Å²) in [7, 11) is 3.64. The summed E-state index contributed by atoms with van der Waals surface area (Å²) in [4.78, 5) is 15.7. The molecule has 0 aliphatic carbocycles. The Bertz CT molecular complexity index is 362. The van der Waals surface area contributed by atoms with E-state index >= 15 is 0 Å². The molecule has 94 valence electrons. The highest BCUT2D eigenvalue weighted by atomic mass is 32.1. The highest BCUT2D eigenvalue weighted by Crippen LogP contribution is 2.32. The Balaban J connectivity index is 1.90. The Morgan fingerprint density at radius 1 is 1.59 bits per heavy atom. The number of rotatable bonds is 4. The lowest BCUT2D eigenvalue weighted by Crippen LogP contribution is -2.30. The number of hydrogen-bond acceptors (Lipinski definition) is 3. The van der Waals surface area contributed by atoms with Gasteiger partial charge in [-0.2, -0.15) is 11.3 Å². The fourth-order valence-electron chi connectivity index (χ4n) is 2.40. The van der Waals surface area contributed by atoms with Crippen molar-refractivity contribution in [2.75, 3.05) is 27.2 Å². The van der Waals surface area contributed by atoms with E-state index in [-0.39, 0.29) is 5.91 Å². The van der Waals surface area contributed by atoms with Crippen molar-refractivity contribution < 1.29 is 4.79 Å². The smallest absolute Gasteiger partial charge is 0.223 e. The second-order valence-electron chi connectivity index (χ2n) is 4.79. The summed E-state index contributed by atoms with van der Waals surface area (Å²) in [6.07, 6.45) is 3.11. The summed E-state index contributed by atoms with van der Waals surface area (Å²) in [5, 5.41) is 4.37. The van der Waals surface area contributed by atoms with E-state index in [9.17, 15) is 4.79 Å². The summed E-state index contributed by atoms with van der Waals surface area (Å²) in [5.41, 5.74) is 1.42. The van der Waals surface area contributed by atoms with E-state index in [2.05, 4.69) is 21.7 Å². The van der Waals surface area contributed by atoms with Crippen molar-refractivity contribution in [3.05, 3.63) is 22.4 Å². The monoisotopic (exact) mass is 252 g/mol. The minimum absolute atomic E-state index is 0.223. The van der Waals surface area contributed by atoms with Crippen LogP contribution in [-0.2, 0) is 4.79 Å². The van der Waals surface area contributed by atoms with E-state index in [0.717, 1.165) is 13.1 Å². The fraction of sp³-hybridized carbons (Fsp3) is 0.615. The fourth-order valence-corrected chi connectivity index (χ4v) is 3.11. The van der Waals surface area contributed by atoms with Gasteiger partial charge < -0.3 is 4.90 Å². The first-order chi connectivity index (χ1) is 8.18. The van der Waals surface area contributed by atoms with Crippen LogP contribution >= 0.6 is 11.3 Å². The van der Waals surface area contributed by atoms with Gasteiger partial charge in [-0.1, -0.05) is 0 Å². The van der Waals surface area contributed by atoms with E-state index in [1.54, 1.807) is 16.2 Å². The predicted molar refractivity (Wildman–Crippen MR) is 71.2 cm³/mol. The van der Waals surface area contributed by atoms with Crippen LogP contribution in [0, 0.1) is 0 Å². The van der Waals surface area contributed by atoms with E-state index < -0.39 is 0 Å². The highest BCUT2D eigenvalue weighted by molar-refractivity contribution is 7.07. The third-order valence-corrected chi connectivity index (χ3v) is 4.10. The first-order valence-electron chi connectivity index (χ1n) is 6.15. The lowest BCUT2D eigenvalue weighted by atomic mass is 10.1. The quantitative estimate of drug-likeness (QED) is 0.821. The van der Waals surface area contributed by atoms with Gasteiger partial charge in [0.05, 0.1) is 0 Å². The average molecular weight is 252 g/mol. The zero-order chi connectivity index (χ0) is 12.3. The van der Waals surface area contributed by atoms with Gasteiger partial charge in [0, 0.05) is 33.1 Å². The van der Waals surface area contributed by atoms with Crippen LogP contribution in [0.15, 0.2) is 16.8 Å². The van der Waals surface area contributed by atoms with Crippen LogP contribution in [0.2, 0.25) is 0 Å². The number of thiophene rings is 1. The number of nitrogens with zero attached hydrogens (tertiary/aromatic N) is 2. The zero-order valence-corrected chi connectivity index (χ0v) is 11.4. The van der Waals surface area contributed by atoms with Crippen LogP contribution in [0.5, 0.6) is 0 Å². The van der Waals surface area contributed by atoms with E-state index in [1.807, 2.05) is 14.1 Å². The normalized spacial score (nSPS) is 20.7. The van der Waals surface area contributed by atoms with Gasteiger partial charge in [-0.05, 0) is 41.8 Å². The molecule has 2 heterocycles. The first-order valence-corrected chi connectivity index (χ1v) is 7.09. The highest BCUT2D eigenvalue weighted by Gasteiger charge is 2.26. The molecule has 3 nitrogen and oxygen atoms in total. The summed E-state index contributed by atoms with van der Waals surface area (Å²) in [6.45, 7) is 2.01. The van der Waals surface area contributed by atoms with Gasteiger partial charge in [-0.25, -0.2) is 0 Å². The van der Waals surface area contributed by atoms with Crippen molar-refractivity contribution in [3.8, 4) is 0 Å². The molecule has 1 saturated heterocycles. The second-order valence-corrected chi connectivity index (χ2v) is 5.57. The molecule has 0 aromatic carbocycles. The minimum atomic E-state index is 0.223. The van der Waals surface area contributed by atoms with Gasteiger partial charge in [0.2, 0.25) is 5.91 Å². The Hall–Kier alpha value is -0.870. The van der Waals surface area contributed by atoms with Gasteiger partial charge in [-0.3, -0.25) is 9.69 Å². The third-order valence-electron chi connectivity index (χ3n) is 3.40. The van der Waals surface area contributed by atoms with Crippen molar-refractivity contribution >= 4 is 17.2 Å². The van der Waals surface area contributed by atoms with Gasteiger partial charge in [0.1, 0.15) is 0 Å². The van der Waals surface area contributed by atoms with Crippen LogP contribution in [0.4, 0.5) is 0 Å². The summed E-state index contributed by atoms with van der Waals surface area (Å²) in [5.74, 6) is 0.223. The molecule has 0 spiro atoms. The Morgan fingerprint density at radius 2 is 2.41 bits per heavy atom. The van der Waals surface area contributed by atoms with Crippen molar-refractivity contribution in [1.29, 1.82) is 0 Å². The topological polar surface area (TPSA) is 23.6 Å². The van der Waals surface area contributed by atoms with E-state index in [4.69, 9.17) is 0 Å². The molecule has 17 heavy (non-hydrogen) atoms. The molecule has 1 amide bonds. The largest absolute Gasteiger partial charge is 0.349 e. The maximum absolute atomic E-state index is 11.6. The molecule has 4 heteroatoms. The number of hydrogen-bond donors (Lipinski definition) is 0. The van der Waals surface area contributed by atoms with Gasteiger partial charge >= 0.3 is 0 Å². The molecular formula is C13H20N2OS. The van der Waals surface area contributed by atoms with Gasteiger partial charge in [-0.15, -0.1) is 0 Å². The predicted octanol–water partition coefficient (Wildman–Crippen LogP) is 2.36. The van der Waals surface area contributed by atoms with Crippen molar-refractivity contribution in [1.82, 2.24) is 9.80 Å². The number of carbonyl (C=O) groups is 1. The third kappa shape index (κ3) is 3.07. The summed E-state index contributed by atoms with van der Waals surface area (Å²) < 4.78 is 0. The molecule has 1 aliphatic heterocycles. The molecule has 0 bridgehead atoms. The molecule has 1 fully saturated rings. The van der Waals surface area contributed by atoms with Gasteiger partial charge in [0.25, 0.3) is 0 Å². The molecule has 1 aliphatic rings. The second kappa shape index (κ2) is 5.65. The lowest BCUT2D eigenvalue weighted by Gasteiger charge is -2.24. The lowest BCUT2D eigenvalue weighted by molar-refractivity contribution is -0.129. The Kier molecular flexibility index (Phi) is 4.18.